The first-order valence-electron chi connectivity index (χ1n) is 6.33. The number of nitrogens with zero attached hydrogens (tertiary/aromatic N) is 1. The lowest BCUT2D eigenvalue weighted by molar-refractivity contribution is 0.122. The lowest BCUT2D eigenvalue weighted by Crippen LogP contribution is -2.47. The van der Waals surface area contributed by atoms with Gasteiger partial charge in [0, 0.05) is 23.6 Å². The molecule has 3 fully saturated rings. The van der Waals surface area contributed by atoms with Crippen LogP contribution in [-0.2, 0) is 0 Å². The van der Waals surface area contributed by atoms with Crippen molar-refractivity contribution < 1.29 is 10.2 Å². The van der Waals surface area contributed by atoms with Crippen molar-refractivity contribution in [1.82, 2.24) is 4.90 Å². The van der Waals surface area contributed by atoms with E-state index in [-0.39, 0.29) is 12.2 Å². The summed E-state index contributed by atoms with van der Waals surface area (Å²) in [5.41, 5.74) is 0. The highest BCUT2D eigenvalue weighted by Crippen LogP contribution is 2.48. The van der Waals surface area contributed by atoms with Gasteiger partial charge >= 0.3 is 0 Å². The van der Waals surface area contributed by atoms with Gasteiger partial charge in [-0.05, 0) is 19.9 Å². The fourth-order valence-corrected chi connectivity index (χ4v) is 9.68. The molecule has 6 atom stereocenters. The number of likely N-dealkylation sites (tertiary alicyclic amines) is 1. The molecule has 4 unspecified atom stereocenters. The van der Waals surface area contributed by atoms with E-state index in [0.29, 0.717) is 22.6 Å². The monoisotopic (exact) mass is 325 g/mol. The first-order chi connectivity index (χ1) is 8.68. The summed E-state index contributed by atoms with van der Waals surface area (Å²) >= 11 is 0. The molecule has 3 aliphatic rings. The van der Waals surface area contributed by atoms with Crippen LogP contribution in [-0.4, -0.2) is 68.5 Å². The summed E-state index contributed by atoms with van der Waals surface area (Å²) in [6.07, 6.45) is 1.99. The number of aliphatic hydroxyl groups is 2. The van der Waals surface area contributed by atoms with Crippen LogP contribution in [0.4, 0.5) is 0 Å². The van der Waals surface area contributed by atoms with Gasteiger partial charge in [-0.25, -0.2) is 0 Å². The van der Waals surface area contributed by atoms with Crippen molar-refractivity contribution in [2.24, 2.45) is 0 Å². The SMILES string of the molecule is CN1C(C2SSCC2O)CCC1[C@H]1SSC[C@@H]1O. The maximum Gasteiger partial charge on any atom is 0.0780 e. The molecular weight excluding hydrogens is 306 g/mol. The molecular formula is C11H19NO2S4. The summed E-state index contributed by atoms with van der Waals surface area (Å²) in [7, 11) is 9.46. The van der Waals surface area contributed by atoms with Crippen molar-refractivity contribution in [2.45, 2.75) is 47.6 Å². The van der Waals surface area contributed by atoms with E-state index >= 15 is 0 Å². The highest BCUT2D eigenvalue weighted by molar-refractivity contribution is 8.77. The minimum Gasteiger partial charge on any atom is -0.391 e. The molecule has 2 N–H and O–H groups in total. The minimum atomic E-state index is -0.165. The zero-order valence-electron chi connectivity index (χ0n) is 10.3. The average molecular weight is 326 g/mol. The molecule has 3 nitrogen and oxygen atoms in total. The lowest BCUT2D eigenvalue weighted by Gasteiger charge is -2.33. The van der Waals surface area contributed by atoms with E-state index in [1.54, 1.807) is 21.6 Å². The van der Waals surface area contributed by atoms with Crippen LogP contribution in [0.5, 0.6) is 0 Å². The lowest BCUT2D eigenvalue weighted by atomic mass is 10.1. The molecule has 0 amide bonds. The number of rotatable bonds is 2. The van der Waals surface area contributed by atoms with Crippen LogP contribution in [0.1, 0.15) is 12.8 Å². The Morgan fingerprint density at radius 1 is 0.889 bits per heavy atom. The summed E-state index contributed by atoms with van der Waals surface area (Å²) < 4.78 is 0. The zero-order valence-corrected chi connectivity index (χ0v) is 13.5. The highest BCUT2D eigenvalue weighted by atomic mass is 33.1. The van der Waals surface area contributed by atoms with Gasteiger partial charge in [0.1, 0.15) is 0 Å². The van der Waals surface area contributed by atoms with Crippen LogP contribution in [0.15, 0.2) is 0 Å². The second-order valence-electron chi connectivity index (χ2n) is 5.20. The van der Waals surface area contributed by atoms with Gasteiger partial charge < -0.3 is 10.2 Å². The maximum absolute atomic E-state index is 10.0. The van der Waals surface area contributed by atoms with Gasteiger partial charge in [0.25, 0.3) is 0 Å². The van der Waals surface area contributed by atoms with Crippen molar-refractivity contribution in [3.05, 3.63) is 0 Å². The van der Waals surface area contributed by atoms with Crippen LogP contribution in [0, 0.1) is 0 Å². The third-order valence-corrected chi connectivity index (χ3v) is 10.1. The molecule has 0 bridgehead atoms. The van der Waals surface area contributed by atoms with E-state index < -0.39 is 0 Å². The van der Waals surface area contributed by atoms with Crippen LogP contribution >= 0.6 is 43.2 Å². The van der Waals surface area contributed by atoms with Gasteiger partial charge in [0.05, 0.1) is 22.7 Å². The predicted molar refractivity (Wildman–Crippen MR) is 84.3 cm³/mol. The smallest absolute Gasteiger partial charge is 0.0780 e. The Kier molecular flexibility index (Phi) is 4.71. The van der Waals surface area contributed by atoms with E-state index in [2.05, 4.69) is 11.9 Å². The molecule has 18 heavy (non-hydrogen) atoms. The van der Waals surface area contributed by atoms with Crippen LogP contribution < -0.4 is 0 Å². The Hall–Kier alpha value is 1.28. The maximum atomic E-state index is 10.0. The first kappa shape index (κ1) is 14.2. The van der Waals surface area contributed by atoms with Gasteiger partial charge in [0.2, 0.25) is 0 Å². The molecule has 7 heteroatoms. The molecule has 0 saturated carbocycles. The summed E-state index contributed by atoms with van der Waals surface area (Å²) in [6, 6.07) is 0.951. The molecule has 0 spiro atoms. The van der Waals surface area contributed by atoms with Crippen LogP contribution in [0.2, 0.25) is 0 Å². The Balaban J connectivity index is 1.66. The quantitative estimate of drug-likeness (QED) is 0.749. The molecule has 3 aliphatic heterocycles. The van der Waals surface area contributed by atoms with E-state index in [0.717, 1.165) is 24.3 Å². The van der Waals surface area contributed by atoms with Crippen molar-refractivity contribution in [3.63, 3.8) is 0 Å². The number of aliphatic hydroxyl groups excluding tert-OH is 2. The fourth-order valence-electron chi connectivity index (χ4n) is 3.12. The summed E-state index contributed by atoms with van der Waals surface area (Å²) in [4.78, 5) is 2.43. The predicted octanol–water partition coefficient (Wildman–Crippen LogP) is 1.70. The molecule has 0 aliphatic carbocycles. The number of hydrogen-bond donors (Lipinski definition) is 2. The van der Waals surface area contributed by atoms with Gasteiger partial charge in [-0.1, -0.05) is 43.2 Å². The van der Waals surface area contributed by atoms with Crippen molar-refractivity contribution in [3.8, 4) is 0 Å². The van der Waals surface area contributed by atoms with Crippen LogP contribution in [0.3, 0.4) is 0 Å². The van der Waals surface area contributed by atoms with Gasteiger partial charge in [-0.3, -0.25) is 4.90 Å². The second-order valence-corrected chi connectivity index (χ2v) is 10.4. The van der Waals surface area contributed by atoms with E-state index in [1.807, 2.05) is 21.6 Å². The summed E-state index contributed by atoms with van der Waals surface area (Å²) in [5.74, 6) is 1.72. The van der Waals surface area contributed by atoms with Crippen molar-refractivity contribution in [1.29, 1.82) is 0 Å². The molecule has 3 rings (SSSR count). The Morgan fingerprint density at radius 3 is 1.67 bits per heavy atom. The summed E-state index contributed by atoms with van der Waals surface area (Å²) in [5, 5.41) is 20.8. The molecule has 0 aromatic rings. The second kappa shape index (κ2) is 5.95. The molecule has 3 saturated heterocycles. The standard InChI is InChI=1S/C11H19NO2S4/c1-12-6(10-8(13)4-15-17-10)2-3-7(12)11-9(14)5-16-18-11/h6-11,13-14H,2-5H2,1H3/t6?,7?,8-,9?,10+,11?/m0/s1. The third-order valence-electron chi connectivity index (χ3n) is 4.16. The molecule has 0 aromatic heterocycles. The van der Waals surface area contributed by atoms with E-state index in [9.17, 15) is 10.2 Å². The van der Waals surface area contributed by atoms with Gasteiger partial charge in [0.15, 0.2) is 0 Å². The van der Waals surface area contributed by atoms with E-state index in [4.69, 9.17) is 0 Å². The molecule has 0 aromatic carbocycles. The average Bonchev–Trinajstić information content (AvgIpc) is 3.01. The van der Waals surface area contributed by atoms with Gasteiger partial charge in [-0.2, -0.15) is 0 Å². The Labute approximate surface area is 124 Å². The molecule has 3 heterocycles. The topological polar surface area (TPSA) is 43.7 Å². The van der Waals surface area contributed by atoms with Crippen molar-refractivity contribution >= 4 is 43.2 Å². The summed E-state index contributed by atoms with van der Waals surface area (Å²) in [6.45, 7) is 0. The number of hydrogen-bond acceptors (Lipinski definition) is 7. The first-order valence-corrected chi connectivity index (χ1v) is 11.1. The highest BCUT2D eigenvalue weighted by Gasteiger charge is 2.46. The molecule has 104 valence electrons. The fraction of sp³-hybridized carbons (Fsp3) is 1.00. The van der Waals surface area contributed by atoms with Gasteiger partial charge in [-0.15, -0.1) is 0 Å². The Bertz CT molecular complexity index is 281. The minimum absolute atomic E-state index is 0.165. The van der Waals surface area contributed by atoms with E-state index in [1.165, 1.54) is 0 Å². The normalized spacial score (nSPS) is 50.2. The molecule has 0 radical (unpaired) electrons. The van der Waals surface area contributed by atoms with Crippen LogP contribution in [0.25, 0.3) is 0 Å². The largest absolute Gasteiger partial charge is 0.391 e. The van der Waals surface area contributed by atoms with Crippen molar-refractivity contribution in [2.75, 3.05) is 18.6 Å². The third kappa shape index (κ3) is 2.56. The Morgan fingerprint density at radius 2 is 1.33 bits per heavy atom. The zero-order chi connectivity index (χ0) is 12.7.